The molecule has 130 valence electrons. The van der Waals surface area contributed by atoms with Gasteiger partial charge >= 0.3 is 0 Å². The molecule has 3 N–H and O–H groups in total. The topological polar surface area (TPSA) is 75.4 Å². The van der Waals surface area contributed by atoms with Crippen LogP contribution in [0.4, 0.5) is 11.4 Å². The summed E-state index contributed by atoms with van der Waals surface area (Å²) in [6.07, 6.45) is 2.18. The molecule has 1 fully saturated rings. The molecule has 3 rings (SSSR count). The van der Waals surface area contributed by atoms with E-state index in [-0.39, 0.29) is 5.56 Å². The molecule has 0 saturated carbocycles. The van der Waals surface area contributed by atoms with Crippen LogP contribution in [0.25, 0.3) is 0 Å². The fourth-order valence-corrected chi connectivity index (χ4v) is 3.26. The van der Waals surface area contributed by atoms with Gasteiger partial charge in [0.1, 0.15) is 0 Å². The zero-order valence-electron chi connectivity index (χ0n) is 13.4. The van der Waals surface area contributed by atoms with Crippen LogP contribution in [0.1, 0.15) is 33.6 Å². The number of halogens is 2. The molecule has 7 heteroatoms. The minimum atomic E-state index is -0.552. The minimum Gasteiger partial charge on any atom is -0.370 e. The molecule has 0 radical (unpaired) electrons. The Morgan fingerprint density at radius 3 is 2.44 bits per heavy atom. The first-order valence-electron chi connectivity index (χ1n) is 7.91. The zero-order chi connectivity index (χ0) is 18.0. The normalized spacial score (nSPS) is 13.8. The third-order valence-corrected chi connectivity index (χ3v) is 4.71. The number of rotatable bonds is 4. The van der Waals surface area contributed by atoms with E-state index >= 15 is 0 Å². The van der Waals surface area contributed by atoms with Crippen molar-refractivity contribution in [1.82, 2.24) is 0 Å². The number of nitrogens with zero attached hydrogens (tertiary/aromatic N) is 1. The van der Waals surface area contributed by atoms with Crippen LogP contribution in [-0.2, 0) is 0 Å². The first kappa shape index (κ1) is 17.6. The Hall–Kier alpha value is -2.24. The van der Waals surface area contributed by atoms with Gasteiger partial charge in [-0.2, -0.15) is 0 Å². The predicted molar refractivity (Wildman–Crippen MR) is 101 cm³/mol. The number of primary amides is 1. The Bertz CT molecular complexity index is 833. The zero-order valence-corrected chi connectivity index (χ0v) is 14.9. The number of amides is 2. The average Bonchev–Trinajstić information content (AvgIpc) is 3.11. The van der Waals surface area contributed by atoms with E-state index in [9.17, 15) is 9.59 Å². The first-order valence-corrected chi connectivity index (χ1v) is 8.66. The molecule has 0 bridgehead atoms. The molecule has 2 aromatic rings. The SMILES string of the molecule is NC(=O)c1ccc(N2CCCC2)c(NC(=O)c2cc(Cl)ccc2Cl)c1. The van der Waals surface area contributed by atoms with Crippen molar-refractivity contribution in [1.29, 1.82) is 0 Å². The summed E-state index contributed by atoms with van der Waals surface area (Å²) in [5.41, 5.74) is 7.35. The highest BCUT2D eigenvalue weighted by Crippen LogP contribution is 2.31. The van der Waals surface area contributed by atoms with E-state index in [4.69, 9.17) is 28.9 Å². The van der Waals surface area contributed by atoms with E-state index in [1.165, 1.54) is 6.07 Å². The van der Waals surface area contributed by atoms with Crippen LogP contribution in [0.2, 0.25) is 10.0 Å². The van der Waals surface area contributed by atoms with Gasteiger partial charge in [0.2, 0.25) is 5.91 Å². The summed E-state index contributed by atoms with van der Waals surface area (Å²) in [5, 5.41) is 3.55. The van der Waals surface area contributed by atoms with Crippen molar-refractivity contribution in [3.63, 3.8) is 0 Å². The van der Waals surface area contributed by atoms with E-state index in [0.29, 0.717) is 21.3 Å². The first-order chi connectivity index (χ1) is 12.0. The van der Waals surface area contributed by atoms with E-state index in [0.717, 1.165) is 31.6 Å². The second-order valence-corrected chi connectivity index (χ2v) is 6.71. The highest BCUT2D eigenvalue weighted by molar-refractivity contribution is 6.36. The third-order valence-electron chi connectivity index (χ3n) is 4.15. The lowest BCUT2D eigenvalue weighted by Crippen LogP contribution is -2.22. The van der Waals surface area contributed by atoms with Crippen LogP contribution in [0.3, 0.4) is 0 Å². The smallest absolute Gasteiger partial charge is 0.257 e. The van der Waals surface area contributed by atoms with Gasteiger partial charge in [-0.15, -0.1) is 0 Å². The number of nitrogens with two attached hydrogens (primary N) is 1. The number of benzene rings is 2. The molecule has 1 saturated heterocycles. The molecule has 25 heavy (non-hydrogen) atoms. The van der Waals surface area contributed by atoms with Gasteiger partial charge in [0.05, 0.1) is 22.0 Å². The van der Waals surface area contributed by atoms with Gasteiger partial charge in [0.25, 0.3) is 5.91 Å². The van der Waals surface area contributed by atoms with E-state index in [1.807, 2.05) is 0 Å². The molecular formula is C18H17Cl2N3O2. The number of nitrogens with one attached hydrogen (secondary N) is 1. The van der Waals surface area contributed by atoms with Gasteiger partial charge in [0, 0.05) is 23.7 Å². The third kappa shape index (κ3) is 3.89. The summed E-state index contributed by atoms with van der Waals surface area (Å²) >= 11 is 12.1. The van der Waals surface area contributed by atoms with Gasteiger partial charge in [-0.3, -0.25) is 9.59 Å². The molecule has 0 spiro atoms. The summed E-state index contributed by atoms with van der Waals surface area (Å²) in [5.74, 6) is -0.946. The Kier molecular flexibility index (Phi) is 5.16. The maximum absolute atomic E-state index is 12.6. The predicted octanol–water partition coefficient (Wildman–Crippen LogP) is 3.94. The highest BCUT2D eigenvalue weighted by atomic mass is 35.5. The van der Waals surface area contributed by atoms with Crippen LogP contribution in [0.15, 0.2) is 36.4 Å². The Balaban J connectivity index is 1.96. The Morgan fingerprint density at radius 2 is 1.76 bits per heavy atom. The van der Waals surface area contributed by atoms with Crippen LogP contribution >= 0.6 is 23.2 Å². The second kappa shape index (κ2) is 7.33. The monoisotopic (exact) mass is 377 g/mol. The van der Waals surface area contributed by atoms with Crippen LogP contribution < -0.4 is 16.0 Å². The van der Waals surface area contributed by atoms with Crippen molar-refractivity contribution in [2.24, 2.45) is 5.73 Å². The fourth-order valence-electron chi connectivity index (χ4n) is 2.88. The molecule has 0 aromatic heterocycles. The summed E-state index contributed by atoms with van der Waals surface area (Å²) in [6.45, 7) is 1.80. The molecule has 0 aliphatic carbocycles. The van der Waals surface area contributed by atoms with Crippen LogP contribution in [0.5, 0.6) is 0 Å². The molecule has 0 unspecified atom stereocenters. The van der Waals surface area contributed by atoms with Gasteiger partial charge in [-0.05, 0) is 49.2 Å². The number of carbonyl (C=O) groups is 2. The lowest BCUT2D eigenvalue weighted by Gasteiger charge is -2.22. The van der Waals surface area contributed by atoms with Gasteiger partial charge in [-0.25, -0.2) is 0 Å². The number of anilines is 2. The number of hydrogen-bond acceptors (Lipinski definition) is 3. The van der Waals surface area contributed by atoms with Crippen LogP contribution in [-0.4, -0.2) is 24.9 Å². The lowest BCUT2D eigenvalue weighted by atomic mass is 10.1. The summed E-state index contributed by atoms with van der Waals surface area (Å²) in [4.78, 5) is 26.3. The molecule has 1 aliphatic heterocycles. The maximum atomic E-state index is 12.6. The summed E-state index contributed by atoms with van der Waals surface area (Å²) < 4.78 is 0. The van der Waals surface area contributed by atoms with Crippen molar-refractivity contribution in [3.05, 3.63) is 57.6 Å². The average molecular weight is 378 g/mol. The summed E-state index contributed by atoms with van der Waals surface area (Å²) in [7, 11) is 0. The van der Waals surface area contributed by atoms with E-state index in [2.05, 4.69) is 10.2 Å². The van der Waals surface area contributed by atoms with Crippen molar-refractivity contribution in [2.75, 3.05) is 23.3 Å². The fraction of sp³-hybridized carbons (Fsp3) is 0.222. The standard InChI is InChI=1S/C18H17Cl2N3O2/c19-12-4-5-14(20)13(10-12)18(25)22-15-9-11(17(21)24)3-6-16(15)23-7-1-2-8-23/h3-6,9-10H,1-2,7-8H2,(H2,21,24)(H,22,25). The molecule has 1 aliphatic rings. The molecule has 0 atom stereocenters. The van der Waals surface area contributed by atoms with Gasteiger partial charge < -0.3 is 16.0 Å². The van der Waals surface area contributed by atoms with E-state index < -0.39 is 11.8 Å². The highest BCUT2D eigenvalue weighted by Gasteiger charge is 2.20. The van der Waals surface area contributed by atoms with Crippen molar-refractivity contribution < 1.29 is 9.59 Å². The minimum absolute atomic E-state index is 0.269. The number of carbonyl (C=O) groups excluding carboxylic acids is 2. The van der Waals surface area contributed by atoms with Crippen LogP contribution in [0, 0.1) is 0 Å². The van der Waals surface area contributed by atoms with E-state index in [1.54, 1.807) is 30.3 Å². The molecule has 1 heterocycles. The van der Waals surface area contributed by atoms with Gasteiger partial charge in [0.15, 0.2) is 0 Å². The molecule has 5 nitrogen and oxygen atoms in total. The van der Waals surface area contributed by atoms with Gasteiger partial charge in [-0.1, -0.05) is 23.2 Å². The molecular weight excluding hydrogens is 361 g/mol. The maximum Gasteiger partial charge on any atom is 0.257 e. The van der Waals surface area contributed by atoms with Crippen molar-refractivity contribution >= 4 is 46.4 Å². The number of hydrogen-bond donors (Lipinski definition) is 2. The second-order valence-electron chi connectivity index (χ2n) is 5.87. The summed E-state index contributed by atoms with van der Waals surface area (Å²) in [6, 6.07) is 9.75. The Morgan fingerprint density at radius 1 is 1.04 bits per heavy atom. The largest absolute Gasteiger partial charge is 0.370 e. The molecule has 2 amide bonds. The quantitative estimate of drug-likeness (QED) is 0.846. The van der Waals surface area contributed by atoms with Crippen molar-refractivity contribution in [2.45, 2.75) is 12.8 Å². The Labute approximate surface area is 155 Å². The lowest BCUT2D eigenvalue weighted by molar-refractivity contribution is 0.0996. The molecule has 2 aromatic carbocycles. The van der Waals surface area contributed by atoms with Crippen molar-refractivity contribution in [3.8, 4) is 0 Å².